The van der Waals surface area contributed by atoms with Crippen LogP contribution >= 0.6 is 24.0 Å². The number of halogens is 1. The molecule has 0 heterocycles. The van der Waals surface area contributed by atoms with Crippen LogP contribution in [0.15, 0.2) is 29.3 Å². The molecule has 0 aliphatic rings. The van der Waals surface area contributed by atoms with Gasteiger partial charge in [-0.25, -0.2) is 0 Å². The van der Waals surface area contributed by atoms with E-state index in [2.05, 4.69) is 17.2 Å². The highest BCUT2D eigenvalue weighted by atomic mass is 127. The van der Waals surface area contributed by atoms with E-state index in [4.69, 9.17) is 10.8 Å². The molecule has 1 aromatic rings. The van der Waals surface area contributed by atoms with Gasteiger partial charge in [0.25, 0.3) is 0 Å². The molecule has 0 aromatic heterocycles. The summed E-state index contributed by atoms with van der Waals surface area (Å²) in [6, 6.07) is 7.93. The molecule has 1 aromatic carbocycles. The molecule has 0 atom stereocenters. The molecule has 0 saturated heterocycles. The molecule has 0 aliphatic heterocycles. The van der Waals surface area contributed by atoms with Gasteiger partial charge >= 0.3 is 0 Å². The van der Waals surface area contributed by atoms with Crippen LogP contribution < -0.4 is 11.1 Å². The second kappa shape index (κ2) is 11.0. The molecule has 0 unspecified atom stereocenters. The Kier molecular flexibility index (Phi) is 10.6. The third-order valence-electron chi connectivity index (χ3n) is 2.72. The highest BCUT2D eigenvalue weighted by Gasteiger charge is 1.95. The lowest BCUT2D eigenvalue weighted by atomic mass is 10.1. The number of aliphatic hydroxyl groups excluding tert-OH is 1. The summed E-state index contributed by atoms with van der Waals surface area (Å²) in [7, 11) is 0. The zero-order valence-electron chi connectivity index (χ0n) is 11.4. The van der Waals surface area contributed by atoms with E-state index in [-0.39, 0.29) is 30.6 Å². The Labute approximate surface area is 132 Å². The molecular weight excluding hydrogens is 353 g/mol. The first-order valence-electron chi connectivity index (χ1n) is 6.48. The molecule has 4 nitrogen and oxygen atoms in total. The van der Waals surface area contributed by atoms with Gasteiger partial charge < -0.3 is 16.2 Å². The van der Waals surface area contributed by atoms with Crippen LogP contribution in [-0.4, -0.2) is 24.2 Å². The van der Waals surface area contributed by atoms with E-state index in [0.29, 0.717) is 5.96 Å². The Balaban J connectivity index is 0.00000324. The molecule has 5 heteroatoms. The number of aliphatic imine (C=N–C) groups is 1. The summed E-state index contributed by atoms with van der Waals surface area (Å²) in [5.41, 5.74) is 7.89. The second-order valence-electron chi connectivity index (χ2n) is 4.27. The first-order chi connectivity index (χ1) is 8.76. The van der Waals surface area contributed by atoms with Crippen molar-refractivity contribution >= 4 is 29.9 Å². The molecule has 0 amide bonds. The molecule has 0 bridgehead atoms. The number of hydrogen-bond acceptors (Lipinski definition) is 2. The third-order valence-corrected chi connectivity index (χ3v) is 2.72. The maximum Gasteiger partial charge on any atom is 0.188 e. The quantitative estimate of drug-likeness (QED) is 0.295. The van der Waals surface area contributed by atoms with Gasteiger partial charge in [0.05, 0.1) is 6.61 Å². The number of guanidine groups is 1. The maximum absolute atomic E-state index is 8.94. The minimum absolute atomic E-state index is 0. The standard InChI is InChI=1S/C14H23N3O.HI/c1-2-3-9-16-14(15)17-10-8-12-4-6-13(11-18)7-5-12;/h4-7,18H,2-3,8-11H2,1H3,(H3,15,16,17);1H. The number of benzene rings is 1. The highest BCUT2D eigenvalue weighted by Crippen LogP contribution is 2.04. The number of nitrogens with one attached hydrogen (secondary N) is 1. The fourth-order valence-electron chi connectivity index (χ4n) is 1.56. The van der Waals surface area contributed by atoms with Crippen molar-refractivity contribution in [1.82, 2.24) is 5.32 Å². The van der Waals surface area contributed by atoms with E-state index in [9.17, 15) is 0 Å². The predicted octanol–water partition coefficient (Wildman–Crippen LogP) is 2.04. The molecule has 0 saturated carbocycles. The number of nitrogens with two attached hydrogens (primary N) is 1. The number of nitrogens with zero attached hydrogens (tertiary/aromatic N) is 1. The Morgan fingerprint density at radius 1 is 1.26 bits per heavy atom. The van der Waals surface area contributed by atoms with Crippen LogP contribution in [0.1, 0.15) is 30.9 Å². The van der Waals surface area contributed by atoms with Crippen molar-refractivity contribution < 1.29 is 5.11 Å². The van der Waals surface area contributed by atoms with Crippen LogP contribution in [-0.2, 0) is 13.0 Å². The minimum atomic E-state index is 0. The fraction of sp³-hybridized carbons (Fsp3) is 0.500. The van der Waals surface area contributed by atoms with Gasteiger partial charge in [0.15, 0.2) is 5.96 Å². The molecule has 0 fully saturated rings. The molecule has 1 rings (SSSR count). The highest BCUT2D eigenvalue weighted by molar-refractivity contribution is 14.0. The third kappa shape index (κ3) is 8.05. The maximum atomic E-state index is 8.94. The summed E-state index contributed by atoms with van der Waals surface area (Å²) >= 11 is 0. The van der Waals surface area contributed by atoms with Crippen molar-refractivity contribution in [3.05, 3.63) is 35.4 Å². The summed E-state index contributed by atoms with van der Waals surface area (Å²) < 4.78 is 0. The van der Waals surface area contributed by atoms with Gasteiger partial charge in [0.1, 0.15) is 0 Å². The molecule has 0 aliphatic carbocycles. The lowest BCUT2D eigenvalue weighted by molar-refractivity contribution is 0.282. The SMILES string of the molecule is CCCCN=C(N)NCCc1ccc(CO)cc1.I. The Bertz CT molecular complexity index is 365. The Hall–Kier alpha value is -0.820. The average Bonchev–Trinajstić information content (AvgIpc) is 2.40. The zero-order valence-corrected chi connectivity index (χ0v) is 13.8. The first-order valence-corrected chi connectivity index (χ1v) is 6.48. The largest absolute Gasteiger partial charge is 0.392 e. The van der Waals surface area contributed by atoms with Crippen LogP contribution in [0.2, 0.25) is 0 Å². The van der Waals surface area contributed by atoms with Gasteiger partial charge in [0.2, 0.25) is 0 Å². The normalized spacial score (nSPS) is 10.9. The van der Waals surface area contributed by atoms with Crippen LogP contribution in [0.3, 0.4) is 0 Å². The monoisotopic (exact) mass is 377 g/mol. The Morgan fingerprint density at radius 3 is 2.47 bits per heavy atom. The van der Waals surface area contributed by atoms with Gasteiger partial charge in [-0.1, -0.05) is 37.6 Å². The number of unbranched alkanes of at least 4 members (excludes halogenated alkanes) is 1. The second-order valence-corrected chi connectivity index (χ2v) is 4.27. The molecule has 19 heavy (non-hydrogen) atoms. The number of aliphatic hydroxyl groups is 1. The smallest absolute Gasteiger partial charge is 0.188 e. The van der Waals surface area contributed by atoms with Crippen molar-refractivity contribution in [3.8, 4) is 0 Å². The number of rotatable bonds is 7. The molecular formula is C14H24IN3O. The lowest BCUT2D eigenvalue weighted by Gasteiger charge is -2.06. The van der Waals surface area contributed by atoms with Gasteiger partial charge in [-0.15, -0.1) is 24.0 Å². The predicted molar refractivity (Wildman–Crippen MR) is 90.9 cm³/mol. The van der Waals surface area contributed by atoms with Crippen molar-refractivity contribution in [3.63, 3.8) is 0 Å². The lowest BCUT2D eigenvalue weighted by Crippen LogP contribution is -2.33. The van der Waals surface area contributed by atoms with Crippen molar-refractivity contribution in [2.75, 3.05) is 13.1 Å². The molecule has 4 N–H and O–H groups in total. The van der Waals surface area contributed by atoms with Crippen LogP contribution in [0.25, 0.3) is 0 Å². The summed E-state index contributed by atoms with van der Waals surface area (Å²) in [6.45, 7) is 3.80. The number of hydrogen-bond donors (Lipinski definition) is 3. The van der Waals surface area contributed by atoms with Crippen LogP contribution in [0, 0.1) is 0 Å². The topological polar surface area (TPSA) is 70.6 Å². The summed E-state index contributed by atoms with van der Waals surface area (Å²) in [5, 5.41) is 12.0. The van der Waals surface area contributed by atoms with Crippen molar-refractivity contribution in [2.45, 2.75) is 32.8 Å². The van der Waals surface area contributed by atoms with Crippen LogP contribution in [0.4, 0.5) is 0 Å². The van der Waals surface area contributed by atoms with Gasteiger partial charge in [-0.2, -0.15) is 0 Å². The average molecular weight is 377 g/mol. The van der Waals surface area contributed by atoms with E-state index >= 15 is 0 Å². The van der Waals surface area contributed by atoms with E-state index < -0.39 is 0 Å². The molecule has 108 valence electrons. The summed E-state index contributed by atoms with van der Waals surface area (Å²) in [5.74, 6) is 0.524. The van der Waals surface area contributed by atoms with Crippen LogP contribution in [0.5, 0.6) is 0 Å². The van der Waals surface area contributed by atoms with Crippen molar-refractivity contribution in [2.24, 2.45) is 10.7 Å². The van der Waals surface area contributed by atoms with E-state index in [1.165, 1.54) is 5.56 Å². The Morgan fingerprint density at radius 2 is 1.89 bits per heavy atom. The summed E-state index contributed by atoms with van der Waals surface area (Å²) in [6.07, 6.45) is 3.11. The van der Waals surface area contributed by atoms with Crippen molar-refractivity contribution in [1.29, 1.82) is 0 Å². The fourth-order valence-corrected chi connectivity index (χ4v) is 1.56. The minimum Gasteiger partial charge on any atom is -0.392 e. The molecule has 0 radical (unpaired) electrons. The van der Waals surface area contributed by atoms with E-state index in [0.717, 1.165) is 37.9 Å². The van der Waals surface area contributed by atoms with Gasteiger partial charge in [-0.3, -0.25) is 4.99 Å². The molecule has 0 spiro atoms. The zero-order chi connectivity index (χ0) is 13.2. The van der Waals surface area contributed by atoms with E-state index in [1.54, 1.807) is 0 Å². The van der Waals surface area contributed by atoms with E-state index in [1.807, 2.05) is 24.3 Å². The first kappa shape index (κ1) is 18.2. The van der Waals surface area contributed by atoms with Gasteiger partial charge in [-0.05, 0) is 24.0 Å². The van der Waals surface area contributed by atoms with Gasteiger partial charge in [0, 0.05) is 13.1 Å². The summed E-state index contributed by atoms with van der Waals surface area (Å²) in [4.78, 5) is 4.22.